The van der Waals surface area contributed by atoms with Crippen molar-refractivity contribution < 1.29 is 20.4 Å². The van der Waals surface area contributed by atoms with E-state index in [0.29, 0.717) is 6.42 Å². The molecule has 0 saturated heterocycles. The van der Waals surface area contributed by atoms with Crippen molar-refractivity contribution in [3.05, 3.63) is 46.5 Å². The molecule has 3 rings (SSSR count). The highest BCUT2D eigenvalue weighted by Gasteiger charge is 2.23. The lowest BCUT2D eigenvalue weighted by Gasteiger charge is -2.28. The SMILES string of the molecule is Cc1cc(O)c(O)cc1CC1NCCc2cc(O)c(O)cc21. The molecule has 0 radical (unpaired) electrons. The number of aromatic hydroxyl groups is 4. The standard InChI is InChI=1S/C17H19NO4/c1-9-4-14(19)16(21)7-11(9)5-13-12-8-17(22)15(20)6-10(12)2-3-18-13/h4,6-8,13,18-22H,2-3,5H2,1H3. The Bertz CT molecular complexity index is 727. The zero-order valence-corrected chi connectivity index (χ0v) is 12.3. The molecule has 1 aliphatic heterocycles. The second-order valence-corrected chi connectivity index (χ2v) is 5.77. The van der Waals surface area contributed by atoms with Crippen LogP contribution in [0.4, 0.5) is 0 Å². The summed E-state index contributed by atoms with van der Waals surface area (Å²) in [5.74, 6) is -0.485. The van der Waals surface area contributed by atoms with Crippen LogP contribution in [0.2, 0.25) is 0 Å². The molecule has 0 fully saturated rings. The Labute approximate surface area is 128 Å². The van der Waals surface area contributed by atoms with Gasteiger partial charge in [0.25, 0.3) is 0 Å². The van der Waals surface area contributed by atoms with E-state index in [1.165, 1.54) is 0 Å². The molecular weight excluding hydrogens is 282 g/mol. The lowest BCUT2D eigenvalue weighted by Crippen LogP contribution is -2.31. The third-order valence-corrected chi connectivity index (χ3v) is 4.25. The molecule has 5 N–H and O–H groups in total. The maximum atomic E-state index is 9.74. The van der Waals surface area contributed by atoms with Crippen molar-refractivity contribution in [2.45, 2.75) is 25.8 Å². The molecule has 0 bridgehead atoms. The predicted molar refractivity (Wildman–Crippen MR) is 82.4 cm³/mol. The highest BCUT2D eigenvalue weighted by molar-refractivity contribution is 5.49. The largest absolute Gasteiger partial charge is 0.504 e. The van der Waals surface area contributed by atoms with Gasteiger partial charge in [-0.2, -0.15) is 0 Å². The number of benzene rings is 2. The molecule has 2 aromatic rings. The fraction of sp³-hybridized carbons (Fsp3) is 0.294. The number of nitrogens with one attached hydrogen (secondary N) is 1. The van der Waals surface area contributed by atoms with Crippen LogP contribution in [-0.2, 0) is 12.8 Å². The van der Waals surface area contributed by atoms with Crippen molar-refractivity contribution in [3.63, 3.8) is 0 Å². The van der Waals surface area contributed by atoms with Gasteiger partial charge in [0, 0.05) is 6.04 Å². The average Bonchev–Trinajstić information content (AvgIpc) is 2.46. The van der Waals surface area contributed by atoms with E-state index in [9.17, 15) is 20.4 Å². The fourth-order valence-corrected chi connectivity index (χ4v) is 3.01. The summed E-state index contributed by atoms with van der Waals surface area (Å²) in [6, 6.07) is 6.30. The van der Waals surface area contributed by atoms with E-state index in [1.807, 2.05) is 6.92 Å². The number of hydrogen-bond donors (Lipinski definition) is 5. The van der Waals surface area contributed by atoms with E-state index < -0.39 is 0 Å². The van der Waals surface area contributed by atoms with Crippen LogP contribution >= 0.6 is 0 Å². The molecule has 1 aliphatic rings. The van der Waals surface area contributed by atoms with Crippen LogP contribution in [0.3, 0.4) is 0 Å². The summed E-state index contributed by atoms with van der Waals surface area (Å²) in [6.45, 7) is 2.66. The van der Waals surface area contributed by atoms with E-state index >= 15 is 0 Å². The summed E-state index contributed by atoms with van der Waals surface area (Å²) >= 11 is 0. The third kappa shape index (κ3) is 2.55. The van der Waals surface area contributed by atoms with Crippen LogP contribution < -0.4 is 5.32 Å². The van der Waals surface area contributed by atoms with E-state index in [4.69, 9.17) is 0 Å². The quantitative estimate of drug-likeness (QED) is 0.549. The molecule has 5 heteroatoms. The van der Waals surface area contributed by atoms with Crippen molar-refractivity contribution in [1.82, 2.24) is 5.32 Å². The average molecular weight is 301 g/mol. The van der Waals surface area contributed by atoms with Crippen LogP contribution in [0.5, 0.6) is 23.0 Å². The van der Waals surface area contributed by atoms with Gasteiger partial charge in [-0.1, -0.05) is 0 Å². The van der Waals surface area contributed by atoms with Gasteiger partial charge in [0.1, 0.15) is 0 Å². The number of hydrogen-bond acceptors (Lipinski definition) is 5. The number of phenols is 4. The summed E-state index contributed by atoms with van der Waals surface area (Å²) in [6.07, 6.45) is 1.41. The maximum Gasteiger partial charge on any atom is 0.157 e. The van der Waals surface area contributed by atoms with Crippen molar-refractivity contribution in [2.24, 2.45) is 0 Å². The lowest BCUT2D eigenvalue weighted by molar-refractivity contribution is 0.397. The molecule has 0 saturated carbocycles. The van der Waals surface area contributed by atoms with Crippen molar-refractivity contribution in [1.29, 1.82) is 0 Å². The molecule has 5 nitrogen and oxygen atoms in total. The fourth-order valence-electron chi connectivity index (χ4n) is 3.01. The van der Waals surface area contributed by atoms with Crippen LogP contribution in [-0.4, -0.2) is 27.0 Å². The second-order valence-electron chi connectivity index (χ2n) is 5.77. The van der Waals surface area contributed by atoms with Gasteiger partial charge in [-0.25, -0.2) is 0 Å². The minimum Gasteiger partial charge on any atom is -0.504 e. The van der Waals surface area contributed by atoms with Gasteiger partial charge in [-0.3, -0.25) is 0 Å². The van der Waals surface area contributed by atoms with Crippen LogP contribution in [0.25, 0.3) is 0 Å². The monoisotopic (exact) mass is 301 g/mol. The van der Waals surface area contributed by atoms with Crippen molar-refractivity contribution in [2.75, 3.05) is 6.54 Å². The first-order valence-corrected chi connectivity index (χ1v) is 7.25. The molecule has 2 aromatic carbocycles. The number of rotatable bonds is 2. The first-order valence-electron chi connectivity index (χ1n) is 7.25. The summed E-state index contributed by atoms with van der Waals surface area (Å²) in [7, 11) is 0. The predicted octanol–water partition coefficient (Wildman–Crippen LogP) is 2.25. The van der Waals surface area contributed by atoms with Gasteiger partial charge in [0.15, 0.2) is 23.0 Å². The lowest BCUT2D eigenvalue weighted by atomic mass is 9.88. The van der Waals surface area contributed by atoms with Gasteiger partial charge < -0.3 is 25.7 Å². The Morgan fingerprint density at radius 3 is 2.36 bits per heavy atom. The van der Waals surface area contributed by atoms with E-state index in [1.54, 1.807) is 24.3 Å². The molecule has 1 atom stereocenters. The summed E-state index contributed by atoms with van der Waals surface area (Å²) in [4.78, 5) is 0. The Hall–Kier alpha value is -2.40. The number of phenolic OH excluding ortho intramolecular Hbond substituents is 4. The third-order valence-electron chi connectivity index (χ3n) is 4.25. The van der Waals surface area contributed by atoms with Crippen LogP contribution in [0, 0.1) is 6.92 Å². The van der Waals surface area contributed by atoms with Gasteiger partial charge in [0.2, 0.25) is 0 Å². The minimum atomic E-state index is -0.134. The molecule has 0 amide bonds. The first-order chi connectivity index (χ1) is 10.5. The van der Waals surface area contributed by atoms with Gasteiger partial charge in [0.05, 0.1) is 0 Å². The van der Waals surface area contributed by atoms with Crippen LogP contribution in [0.15, 0.2) is 24.3 Å². The van der Waals surface area contributed by atoms with Gasteiger partial charge in [-0.05, 0) is 72.8 Å². The van der Waals surface area contributed by atoms with E-state index in [-0.39, 0.29) is 29.0 Å². The molecule has 0 aromatic heterocycles. The Balaban J connectivity index is 1.95. The maximum absolute atomic E-state index is 9.74. The molecule has 22 heavy (non-hydrogen) atoms. The van der Waals surface area contributed by atoms with Crippen LogP contribution in [0.1, 0.15) is 28.3 Å². The van der Waals surface area contributed by atoms with Gasteiger partial charge in [-0.15, -0.1) is 0 Å². The first kappa shape index (κ1) is 14.5. The molecule has 0 aliphatic carbocycles. The smallest absolute Gasteiger partial charge is 0.157 e. The second kappa shape index (κ2) is 5.42. The summed E-state index contributed by atoms with van der Waals surface area (Å²) < 4.78 is 0. The minimum absolute atomic E-state index is 0.0158. The highest BCUT2D eigenvalue weighted by Crippen LogP contribution is 2.36. The van der Waals surface area contributed by atoms with Crippen molar-refractivity contribution >= 4 is 0 Å². The van der Waals surface area contributed by atoms with E-state index in [2.05, 4.69) is 5.32 Å². The molecule has 116 valence electrons. The molecule has 1 unspecified atom stereocenters. The number of aryl methyl sites for hydroxylation is 1. The summed E-state index contributed by atoms with van der Waals surface area (Å²) in [5, 5.41) is 42.0. The normalized spacial score (nSPS) is 17.2. The zero-order chi connectivity index (χ0) is 15.9. The van der Waals surface area contributed by atoms with Crippen molar-refractivity contribution in [3.8, 4) is 23.0 Å². The van der Waals surface area contributed by atoms with Gasteiger partial charge >= 0.3 is 0 Å². The molecular formula is C17H19NO4. The Kier molecular flexibility index (Phi) is 3.58. The Morgan fingerprint density at radius 2 is 1.59 bits per heavy atom. The number of fused-ring (bicyclic) bond motifs is 1. The topological polar surface area (TPSA) is 93.0 Å². The molecule has 0 spiro atoms. The van der Waals surface area contributed by atoms with E-state index in [0.717, 1.165) is 35.2 Å². The highest BCUT2D eigenvalue weighted by atomic mass is 16.3. The Morgan fingerprint density at radius 1 is 0.955 bits per heavy atom. The zero-order valence-electron chi connectivity index (χ0n) is 12.3. The molecule has 1 heterocycles. The summed E-state index contributed by atoms with van der Waals surface area (Å²) in [5.41, 5.74) is 3.79.